The summed E-state index contributed by atoms with van der Waals surface area (Å²) in [7, 11) is 0. The molecule has 0 aromatic rings. The highest BCUT2D eigenvalue weighted by atomic mass is 35.5. The molecule has 1 heterocycles. The van der Waals surface area contributed by atoms with Gasteiger partial charge in [0.15, 0.2) is 0 Å². The lowest BCUT2D eigenvalue weighted by Gasteiger charge is -2.42. The molecule has 1 amide bonds. The molecular weight excluding hydrogens is 210 g/mol. The fourth-order valence-electron chi connectivity index (χ4n) is 2.23. The predicted octanol–water partition coefficient (Wildman–Crippen LogP) is 3.04. The molecule has 2 atom stereocenters. The van der Waals surface area contributed by atoms with E-state index in [1.165, 1.54) is 6.42 Å². The second-order valence-electron chi connectivity index (χ2n) is 5.36. The van der Waals surface area contributed by atoms with Gasteiger partial charge in [-0.3, -0.25) is 4.79 Å². The predicted molar refractivity (Wildman–Crippen MR) is 64.1 cm³/mol. The molecule has 1 aliphatic heterocycles. The van der Waals surface area contributed by atoms with Crippen LogP contribution in [0, 0.1) is 5.41 Å². The lowest BCUT2D eigenvalue weighted by Crippen LogP contribution is -2.52. The van der Waals surface area contributed by atoms with Crippen LogP contribution in [0.15, 0.2) is 0 Å². The van der Waals surface area contributed by atoms with Crippen LogP contribution in [0.25, 0.3) is 0 Å². The van der Waals surface area contributed by atoms with Crippen molar-refractivity contribution in [2.75, 3.05) is 5.88 Å². The zero-order valence-corrected chi connectivity index (χ0v) is 11.0. The Labute approximate surface area is 98.0 Å². The molecule has 1 rings (SSSR count). The number of nitrogens with zero attached hydrogens (tertiary/aromatic N) is 1. The molecule has 1 saturated heterocycles. The highest BCUT2D eigenvalue weighted by Crippen LogP contribution is 2.29. The summed E-state index contributed by atoms with van der Waals surface area (Å²) in [4.78, 5) is 14.3. The van der Waals surface area contributed by atoms with Crippen LogP contribution in [0.5, 0.6) is 0 Å². The third-order valence-electron chi connectivity index (χ3n) is 3.34. The summed E-state index contributed by atoms with van der Waals surface area (Å²) >= 11 is 5.86. The van der Waals surface area contributed by atoms with Gasteiger partial charge in [-0.15, -0.1) is 11.6 Å². The third-order valence-corrected chi connectivity index (χ3v) is 4.01. The van der Waals surface area contributed by atoms with Crippen LogP contribution >= 0.6 is 11.6 Å². The van der Waals surface area contributed by atoms with Gasteiger partial charge >= 0.3 is 0 Å². The van der Waals surface area contributed by atoms with Gasteiger partial charge in [-0.05, 0) is 47.0 Å². The van der Waals surface area contributed by atoms with E-state index in [1.807, 2.05) is 18.7 Å². The van der Waals surface area contributed by atoms with E-state index in [9.17, 15) is 4.79 Å². The molecule has 0 aromatic carbocycles. The zero-order valence-electron chi connectivity index (χ0n) is 10.2. The summed E-state index contributed by atoms with van der Waals surface area (Å²) in [5.74, 6) is 0.596. The molecule has 88 valence electrons. The number of alkyl halides is 1. The first-order chi connectivity index (χ1) is 6.90. The van der Waals surface area contributed by atoms with Gasteiger partial charge in [-0.2, -0.15) is 0 Å². The van der Waals surface area contributed by atoms with Gasteiger partial charge in [0.1, 0.15) is 0 Å². The Morgan fingerprint density at radius 3 is 2.20 bits per heavy atom. The minimum absolute atomic E-state index is 0.206. The normalized spacial score (nSPS) is 27.9. The van der Waals surface area contributed by atoms with E-state index >= 15 is 0 Å². The first kappa shape index (κ1) is 12.8. The van der Waals surface area contributed by atoms with Crippen LogP contribution in [0.4, 0.5) is 0 Å². The standard InChI is InChI=1S/C12H22ClNO/c1-9-6-5-7-10(2)14(9)11(15)12(3,4)8-13/h9-10H,5-8H2,1-4H3. The minimum atomic E-state index is -0.429. The molecular formula is C12H22ClNO. The van der Waals surface area contributed by atoms with Crippen LogP contribution in [-0.2, 0) is 4.79 Å². The van der Waals surface area contributed by atoms with Gasteiger partial charge in [-0.25, -0.2) is 0 Å². The van der Waals surface area contributed by atoms with Gasteiger partial charge in [0, 0.05) is 18.0 Å². The summed E-state index contributed by atoms with van der Waals surface area (Å²) in [6.45, 7) is 8.13. The average Bonchev–Trinajstić information content (AvgIpc) is 2.17. The van der Waals surface area contributed by atoms with E-state index in [2.05, 4.69) is 13.8 Å². The Kier molecular flexibility index (Phi) is 4.05. The maximum Gasteiger partial charge on any atom is 0.229 e. The number of likely N-dealkylation sites (tertiary alicyclic amines) is 1. The van der Waals surface area contributed by atoms with Crippen LogP contribution in [0.1, 0.15) is 47.0 Å². The topological polar surface area (TPSA) is 20.3 Å². The number of hydrogen-bond donors (Lipinski definition) is 0. The Morgan fingerprint density at radius 1 is 1.33 bits per heavy atom. The maximum absolute atomic E-state index is 12.3. The zero-order chi connectivity index (χ0) is 11.6. The fourth-order valence-corrected chi connectivity index (χ4v) is 2.34. The molecule has 0 saturated carbocycles. The lowest BCUT2D eigenvalue weighted by atomic mass is 9.89. The van der Waals surface area contributed by atoms with Crippen LogP contribution in [-0.4, -0.2) is 28.8 Å². The molecule has 0 bridgehead atoms. The van der Waals surface area contributed by atoms with E-state index in [1.54, 1.807) is 0 Å². The van der Waals surface area contributed by atoms with Crippen molar-refractivity contribution < 1.29 is 4.79 Å². The molecule has 2 nitrogen and oxygen atoms in total. The summed E-state index contributed by atoms with van der Waals surface area (Å²) in [5.41, 5.74) is -0.429. The van der Waals surface area contributed by atoms with Gasteiger partial charge in [0.2, 0.25) is 5.91 Å². The maximum atomic E-state index is 12.3. The minimum Gasteiger partial charge on any atom is -0.337 e. The first-order valence-electron chi connectivity index (χ1n) is 5.79. The van der Waals surface area contributed by atoms with E-state index in [0.717, 1.165) is 12.8 Å². The number of hydrogen-bond acceptors (Lipinski definition) is 1. The Hall–Kier alpha value is -0.240. The lowest BCUT2D eigenvalue weighted by molar-refractivity contribution is -0.145. The molecule has 1 fully saturated rings. The van der Waals surface area contributed by atoms with Crippen LogP contribution in [0.2, 0.25) is 0 Å². The van der Waals surface area contributed by atoms with E-state index in [0.29, 0.717) is 18.0 Å². The van der Waals surface area contributed by atoms with Crippen LogP contribution < -0.4 is 0 Å². The van der Waals surface area contributed by atoms with E-state index in [-0.39, 0.29) is 5.91 Å². The highest BCUT2D eigenvalue weighted by Gasteiger charge is 2.37. The van der Waals surface area contributed by atoms with Crippen molar-refractivity contribution in [3.05, 3.63) is 0 Å². The summed E-state index contributed by atoms with van der Waals surface area (Å²) in [5, 5.41) is 0. The van der Waals surface area contributed by atoms with Crippen molar-refractivity contribution in [3.8, 4) is 0 Å². The van der Waals surface area contributed by atoms with Crippen molar-refractivity contribution in [1.82, 2.24) is 4.90 Å². The van der Waals surface area contributed by atoms with Crippen LogP contribution in [0.3, 0.4) is 0 Å². The quantitative estimate of drug-likeness (QED) is 0.669. The third kappa shape index (κ3) is 2.66. The van der Waals surface area contributed by atoms with Gasteiger partial charge in [0.25, 0.3) is 0 Å². The van der Waals surface area contributed by atoms with Crippen molar-refractivity contribution >= 4 is 17.5 Å². The molecule has 15 heavy (non-hydrogen) atoms. The van der Waals surface area contributed by atoms with Crippen molar-refractivity contribution in [3.63, 3.8) is 0 Å². The SMILES string of the molecule is CC1CCCC(C)N1C(=O)C(C)(C)CCl. The number of amides is 1. The van der Waals surface area contributed by atoms with Gasteiger partial charge in [0.05, 0.1) is 5.41 Å². The largest absolute Gasteiger partial charge is 0.337 e. The molecule has 0 aliphatic carbocycles. The number of halogens is 1. The van der Waals surface area contributed by atoms with E-state index < -0.39 is 5.41 Å². The number of carbonyl (C=O) groups excluding carboxylic acids is 1. The molecule has 2 unspecified atom stereocenters. The smallest absolute Gasteiger partial charge is 0.229 e. The summed E-state index contributed by atoms with van der Waals surface area (Å²) in [6.07, 6.45) is 3.47. The molecule has 3 heteroatoms. The van der Waals surface area contributed by atoms with Crippen molar-refractivity contribution in [2.45, 2.75) is 59.0 Å². The van der Waals surface area contributed by atoms with Crippen molar-refractivity contribution in [1.29, 1.82) is 0 Å². The molecule has 0 radical (unpaired) electrons. The van der Waals surface area contributed by atoms with Gasteiger partial charge in [-0.1, -0.05) is 0 Å². The molecule has 0 spiro atoms. The first-order valence-corrected chi connectivity index (χ1v) is 6.32. The average molecular weight is 232 g/mol. The number of piperidine rings is 1. The Morgan fingerprint density at radius 2 is 1.80 bits per heavy atom. The Bertz CT molecular complexity index is 230. The van der Waals surface area contributed by atoms with Crippen molar-refractivity contribution in [2.24, 2.45) is 5.41 Å². The second kappa shape index (κ2) is 4.73. The van der Waals surface area contributed by atoms with E-state index in [4.69, 9.17) is 11.6 Å². The Balaban J connectivity index is 2.80. The molecule has 0 N–H and O–H groups in total. The highest BCUT2D eigenvalue weighted by molar-refractivity contribution is 6.19. The van der Waals surface area contributed by atoms with Gasteiger partial charge < -0.3 is 4.90 Å². The second-order valence-corrected chi connectivity index (χ2v) is 5.63. The molecule has 1 aliphatic rings. The fraction of sp³-hybridized carbons (Fsp3) is 0.917. The number of carbonyl (C=O) groups is 1. The monoisotopic (exact) mass is 231 g/mol. The number of rotatable bonds is 2. The summed E-state index contributed by atoms with van der Waals surface area (Å²) in [6, 6.07) is 0.729. The summed E-state index contributed by atoms with van der Waals surface area (Å²) < 4.78 is 0. The molecule has 0 aromatic heterocycles.